The SMILES string of the molecule is COc1ccccc1-n1ncc(I)c1N. The number of anilines is 1. The molecule has 0 aliphatic heterocycles. The number of halogens is 1. The maximum absolute atomic E-state index is 5.90. The normalized spacial score (nSPS) is 10.3. The zero-order valence-electron chi connectivity index (χ0n) is 8.14. The van der Waals surface area contributed by atoms with Crippen molar-refractivity contribution in [3.63, 3.8) is 0 Å². The Kier molecular flexibility index (Phi) is 2.81. The van der Waals surface area contributed by atoms with Crippen LogP contribution in [0.5, 0.6) is 5.75 Å². The van der Waals surface area contributed by atoms with Gasteiger partial charge in [0.05, 0.1) is 16.9 Å². The van der Waals surface area contributed by atoms with Crippen LogP contribution in [0.15, 0.2) is 30.5 Å². The second-order valence-corrected chi connectivity index (χ2v) is 4.12. The molecule has 2 rings (SSSR count). The average Bonchev–Trinajstić information content (AvgIpc) is 2.60. The van der Waals surface area contributed by atoms with Crippen LogP contribution >= 0.6 is 22.6 Å². The van der Waals surface area contributed by atoms with Crippen LogP contribution in [0.25, 0.3) is 5.69 Å². The van der Waals surface area contributed by atoms with Crippen molar-refractivity contribution in [2.45, 2.75) is 0 Å². The number of benzene rings is 1. The summed E-state index contributed by atoms with van der Waals surface area (Å²) in [6.07, 6.45) is 1.72. The molecular formula is C10H10IN3O. The minimum absolute atomic E-state index is 0.625. The summed E-state index contributed by atoms with van der Waals surface area (Å²) in [6.45, 7) is 0. The van der Waals surface area contributed by atoms with Crippen LogP contribution in [-0.2, 0) is 0 Å². The van der Waals surface area contributed by atoms with Crippen molar-refractivity contribution in [3.8, 4) is 11.4 Å². The molecule has 4 nitrogen and oxygen atoms in total. The number of rotatable bonds is 2. The zero-order chi connectivity index (χ0) is 10.8. The first-order valence-corrected chi connectivity index (χ1v) is 5.44. The fraction of sp³-hybridized carbons (Fsp3) is 0.100. The summed E-state index contributed by atoms with van der Waals surface area (Å²) < 4.78 is 7.84. The van der Waals surface area contributed by atoms with Gasteiger partial charge < -0.3 is 10.5 Å². The fourth-order valence-corrected chi connectivity index (χ4v) is 1.69. The Hall–Kier alpha value is -1.24. The predicted molar refractivity (Wildman–Crippen MR) is 67.2 cm³/mol. The van der Waals surface area contributed by atoms with E-state index in [1.165, 1.54) is 0 Å². The molecule has 0 aliphatic carbocycles. The van der Waals surface area contributed by atoms with Crippen molar-refractivity contribution in [3.05, 3.63) is 34.0 Å². The molecule has 0 amide bonds. The van der Waals surface area contributed by atoms with Gasteiger partial charge in [-0.2, -0.15) is 5.10 Å². The van der Waals surface area contributed by atoms with Gasteiger partial charge in [-0.3, -0.25) is 0 Å². The Morgan fingerprint density at radius 2 is 2.13 bits per heavy atom. The molecule has 0 spiro atoms. The summed E-state index contributed by atoms with van der Waals surface area (Å²) in [7, 11) is 1.63. The van der Waals surface area contributed by atoms with Crippen LogP contribution in [0.2, 0.25) is 0 Å². The van der Waals surface area contributed by atoms with Crippen molar-refractivity contribution >= 4 is 28.4 Å². The van der Waals surface area contributed by atoms with Gasteiger partial charge in [-0.15, -0.1) is 0 Å². The van der Waals surface area contributed by atoms with Gasteiger partial charge in [0.25, 0.3) is 0 Å². The van der Waals surface area contributed by atoms with E-state index in [-0.39, 0.29) is 0 Å². The maximum Gasteiger partial charge on any atom is 0.144 e. The third-order valence-electron chi connectivity index (χ3n) is 2.07. The van der Waals surface area contributed by atoms with Gasteiger partial charge in [0.1, 0.15) is 17.3 Å². The smallest absolute Gasteiger partial charge is 0.144 e. The van der Waals surface area contributed by atoms with Crippen molar-refractivity contribution in [1.29, 1.82) is 0 Å². The summed E-state index contributed by atoms with van der Waals surface area (Å²) >= 11 is 2.15. The Balaban J connectivity index is 2.58. The minimum Gasteiger partial charge on any atom is -0.494 e. The Labute approximate surface area is 101 Å². The first-order chi connectivity index (χ1) is 7.24. The predicted octanol–water partition coefficient (Wildman–Crippen LogP) is 2.07. The lowest BCUT2D eigenvalue weighted by atomic mass is 10.3. The van der Waals surface area contributed by atoms with Crippen LogP contribution in [0.4, 0.5) is 5.82 Å². The largest absolute Gasteiger partial charge is 0.494 e. The molecular weight excluding hydrogens is 305 g/mol. The van der Waals surface area contributed by atoms with Crippen LogP contribution in [0, 0.1) is 3.57 Å². The molecule has 0 atom stereocenters. The van der Waals surface area contributed by atoms with Gasteiger partial charge in [0.15, 0.2) is 0 Å². The van der Waals surface area contributed by atoms with Gasteiger partial charge in [0, 0.05) is 0 Å². The molecule has 1 aromatic heterocycles. The van der Waals surface area contributed by atoms with E-state index in [9.17, 15) is 0 Å². The number of nitrogen functional groups attached to an aromatic ring is 1. The second-order valence-electron chi connectivity index (χ2n) is 2.96. The Morgan fingerprint density at radius 3 is 2.73 bits per heavy atom. The summed E-state index contributed by atoms with van der Waals surface area (Å²) in [5, 5.41) is 4.20. The number of methoxy groups -OCH3 is 1. The molecule has 0 saturated carbocycles. The van der Waals surface area contributed by atoms with E-state index in [2.05, 4.69) is 27.7 Å². The topological polar surface area (TPSA) is 53.1 Å². The van der Waals surface area contributed by atoms with Gasteiger partial charge in [0.2, 0.25) is 0 Å². The monoisotopic (exact) mass is 315 g/mol. The van der Waals surface area contributed by atoms with Crippen LogP contribution in [0.3, 0.4) is 0 Å². The molecule has 1 aromatic carbocycles. The highest BCUT2D eigenvalue weighted by atomic mass is 127. The molecule has 0 saturated heterocycles. The lowest BCUT2D eigenvalue weighted by molar-refractivity contribution is 0.412. The van der Waals surface area contributed by atoms with E-state index in [1.54, 1.807) is 18.0 Å². The maximum atomic E-state index is 5.90. The highest BCUT2D eigenvalue weighted by Crippen LogP contribution is 2.25. The first kappa shape index (κ1) is 10.3. The van der Waals surface area contributed by atoms with Crippen molar-refractivity contribution in [2.24, 2.45) is 0 Å². The molecule has 0 radical (unpaired) electrons. The summed E-state index contributed by atoms with van der Waals surface area (Å²) in [5.74, 6) is 1.38. The second kappa shape index (κ2) is 4.09. The molecule has 0 bridgehead atoms. The zero-order valence-corrected chi connectivity index (χ0v) is 10.3. The molecule has 0 fully saturated rings. The lowest BCUT2D eigenvalue weighted by Gasteiger charge is -2.09. The number of para-hydroxylation sites is 2. The number of aromatic nitrogens is 2. The average molecular weight is 315 g/mol. The van der Waals surface area contributed by atoms with E-state index in [1.807, 2.05) is 24.3 Å². The van der Waals surface area contributed by atoms with Crippen LogP contribution < -0.4 is 10.5 Å². The summed E-state index contributed by atoms with van der Waals surface area (Å²) in [6, 6.07) is 7.63. The lowest BCUT2D eigenvalue weighted by Crippen LogP contribution is -2.04. The van der Waals surface area contributed by atoms with E-state index in [0.717, 1.165) is 15.0 Å². The molecule has 0 unspecified atom stereocenters. The number of nitrogens with two attached hydrogens (primary N) is 1. The standard InChI is InChI=1S/C10H10IN3O/c1-15-9-5-3-2-4-8(9)14-10(12)7(11)6-13-14/h2-6H,12H2,1H3. The van der Waals surface area contributed by atoms with Crippen molar-refractivity contribution < 1.29 is 4.74 Å². The molecule has 2 N–H and O–H groups in total. The third-order valence-corrected chi connectivity index (χ3v) is 2.90. The highest BCUT2D eigenvalue weighted by molar-refractivity contribution is 14.1. The van der Waals surface area contributed by atoms with Gasteiger partial charge in [-0.1, -0.05) is 12.1 Å². The van der Waals surface area contributed by atoms with E-state index >= 15 is 0 Å². The highest BCUT2D eigenvalue weighted by Gasteiger charge is 2.10. The van der Waals surface area contributed by atoms with E-state index < -0.39 is 0 Å². The minimum atomic E-state index is 0.625. The number of ether oxygens (including phenoxy) is 1. The summed E-state index contributed by atoms with van der Waals surface area (Å²) in [5.41, 5.74) is 6.74. The van der Waals surface area contributed by atoms with Crippen LogP contribution in [0.1, 0.15) is 0 Å². The van der Waals surface area contributed by atoms with Crippen molar-refractivity contribution in [1.82, 2.24) is 9.78 Å². The van der Waals surface area contributed by atoms with E-state index in [4.69, 9.17) is 10.5 Å². The molecule has 0 aliphatic rings. The number of nitrogens with zero attached hydrogens (tertiary/aromatic N) is 2. The number of hydrogen-bond acceptors (Lipinski definition) is 3. The molecule has 15 heavy (non-hydrogen) atoms. The Bertz CT molecular complexity index is 481. The fourth-order valence-electron chi connectivity index (χ4n) is 1.33. The Morgan fingerprint density at radius 1 is 1.40 bits per heavy atom. The van der Waals surface area contributed by atoms with Crippen LogP contribution in [-0.4, -0.2) is 16.9 Å². The van der Waals surface area contributed by atoms with Gasteiger partial charge in [-0.25, -0.2) is 4.68 Å². The molecule has 2 aromatic rings. The molecule has 1 heterocycles. The molecule has 78 valence electrons. The van der Waals surface area contributed by atoms with E-state index in [0.29, 0.717) is 5.82 Å². The summed E-state index contributed by atoms with van der Waals surface area (Å²) in [4.78, 5) is 0. The quantitative estimate of drug-likeness (QED) is 0.863. The van der Waals surface area contributed by atoms with Gasteiger partial charge >= 0.3 is 0 Å². The number of hydrogen-bond donors (Lipinski definition) is 1. The first-order valence-electron chi connectivity index (χ1n) is 4.36. The van der Waals surface area contributed by atoms with Gasteiger partial charge in [-0.05, 0) is 34.7 Å². The third kappa shape index (κ3) is 1.79. The molecule has 5 heteroatoms. The van der Waals surface area contributed by atoms with Crippen molar-refractivity contribution in [2.75, 3.05) is 12.8 Å².